The molecule has 0 aliphatic heterocycles. The summed E-state index contributed by atoms with van der Waals surface area (Å²) < 4.78 is 0. The summed E-state index contributed by atoms with van der Waals surface area (Å²) in [5.41, 5.74) is 4.86. The minimum atomic E-state index is 0.871. The van der Waals surface area contributed by atoms with Gasteiger partial charge >= 0.3 is 0 Å². The van der Waals surface area contributed by atoms with Crippen LogP contribution in [0.4, 0.5) is 0 Å². The molecule has 0 bridgehead atoms. The van der Waals surface area contributed by atoms with Crippen LogP contribution in [0.1, 0.15) is 81.9 Å². The average Bonchev–Trinajstić information content (AvgIpc) is 3.03. The van der Waals surface area contributed by atoms with Gasteiger partial charge in [-0.15, -0.1) is 0 Å². The van der Waals surface area contributed by atoms with Crippen LogP contribution in [0, 0.1) is 5.92 Å². The van der Waals surface area contributed by atoms with Gasteiger partial charge in [0.1, 0.15) is 0 Å². The number of benzene rings is 2. The van der Waals surface area contributed by atoms with Crippen LogP contribution in [0.3, 0.4) is 0 Å². The lowest BCUT2D eigenvalue weighted by molar-refractivity contribution is 0.456. The molecule has 2 aromatic carbocycles. The molecule has 0 spiro atoms. The molecule has 1 aliphatic rings. The van der Waals surface area contributed by atoms with Gasteiger partial charge in [-0.1, -0.05) is 89.1 Å². The molecule has 0 saturated carbocycles. The van der Waals surface area contributed by atoms with Crippen LogP contribution in [0.2, 0.25) is 0 Å². The molecule has 0 saturated heterocycles. The third kappa shape index (κ3) is 4.21. The predicted molar refractivity (Wildman–Crippen MR) is 107 cm³/mol. The highest BCUT2D eigenvalue weighted by atomic mass is 14.2. The van der Waals surface area contributed by atoms with Crippen molar-refractivity contribution in [3.63, 3.8) is 0 Å². The monoisotopic (exact) mass is 322 g/mol. The molecule has 0 N–H and O–H groups in total. The largest absolute Gasteiger partial charge is 0.0654 e. The van der Waals surface area contributed by atoms with Gasteiger partial charge in [0.25, 0.3) is 0 Å². The Bertz CT molecular complexity index is 652. The Hall–Kier alpha value is -1.30. The first kappa shape index (κ1) is 17.5. The van der Waals surface area contributed by atoms with Crippen LogP contribution in [-0.2, 0) is 19.3 Å². The summed E-state index contributed by atoms with van der Waals surface area (Å²) in [7, 11) is 0. The summed E-state index contributed by atoms with van der Waals surface area (Å²) in [6.45, 7) is 4.75. The average molecular weight is 323 g/mol. The minimum absolute atomic E-state index is 0.871. The van der Waals surface area contributed by atoms with Crippen molar-refractivity contribution in [2.45, 2.75) is 84.5 Å². The fourth-order valence-electron chi connectivity index (χ4n) is 4.39. The van der Waals surface area contributed by atoms with E-state index < -0.39 is 0 Å². The third-order valence-corrected chi connectivity index (χ3v) is 5.94. The molecule has 0 radical (unpaired) electrons. The fraction of sp³-hybridized carbons (Fsp3) is 0.583. The van der Waals surface area contributed by atoms with Gasteiger partial charge in [-0.3, -0.25) is 0 Å². The minimum Gasteiger partial charge on any atom is -0.0654 e. The second-order valence-electron chi connectivity index (χ2n) is 7.92. The second-order valence-corrected chi connectivity index (χ2v) is 7.92. The summed E-state index contributed by atoms with van der Waals surface area (Å²) in [5.74, 6) is 0.871. The Balaban J connectivity index is 1.48. The highest BCUT2D eigenvalue weighted by Gasteiger charge is 2.17. The Labute approximate surface area is 148 Å². The summed E-state index contributed by atoms with van der Waals surface area (Å²) in [6, 6.07) is 11.6. The standard InChI is InChI=1S/C24H34/c1-3-4-5-6-7-8-10-19(2)13-14-20-15-16-21-11-9-12-22-17-18-23(20)24(21)22/h9,11-12,15-16,19H,3-8,10,13-14,17-18H2,1-2H3. The van der Waals surface area contributed by atoms with Crippen molar-refractivity contribution in [3.8, 4) is 0 Å². The van der Waals surface area contributed by atoms with E-state index in [2.05, 4.69) is 44.2 Å². The van der Waals surface area contributed by atoms with Crippen LogP contribution in [0.5, 0.6) is 0 Å². The molecular weight excluding hydrogens is 288 g/mol. The van der Waals surface area contributed by atoms with Gasteiger partial charge < -0.3 is 0 Å². The molecule has 0 aromatic heterocycles. The van der Waals surface area contributed by atoms with Crippen LogP contribution >= 0.6 is 0 Å². The van der Waals surface area contributed by atoms with Gasteiger partial charge in [0.15, 0.2) is 0 Å². The lowest BCUT2D eigenvalue weighted by Gasteiger charge is -2.14. The first-order chi connectivity index (χ1) is 11.8. The maximum Gasteiger partial charge on any atom is -0.0117 e. The molecule has 3 rings (SSSR count). The van der Waals surface area contributed by atoms with E-state index >= 15 is 0 Å². The summed E-state index contributed by atoms with van der Waals surface area (Å²) in [6.07, 6.45) is 15.1. The predicted octanol–water partition coefficient (Wildman–Crippen LogP) is 7.26. The van der Waals surface area contributed by atoms with E-state index in [-0.39, 0.29) is 0 Å². The normalized spacial score (nSPS) is 14.4. The maximum absolute atomic E-state index is 2.46. The molecular formula is C24H34. The van der Waals surface area contributed by atoms with Gasteiger partial charge in [-0.05, 0) is 59.1 Å². The summed E-state index contributed by atoms with van der Waals surface area (Å²) in [4.78, 5) is 0. The second kappa shape index (κ2) is 8.70. The first-order valence-corrected chi connectivity index (χ1v) is 10.3. The highest BCUT2D eigenvalue weighted by Crippen LogP contribution is 2.34. The van der Waals surface area contributed by atoms with E-state index in [4.69, 9.17) is 0 Å². The number of aryl methyl sites for hydroxylation is 3. The topological polar surface area (TPSA) is 0 Å². The zero-order valence-corrected chi connectivity index (χ0v) is 15.7. The molecule has 0 nitrogen and oxygen atoms in total. The number of hydrogen-bond acceptors (Lipinski definition) is 0. The maximum atomic E-state index is 2.46. The smallest absolute Gasteiger partial charge is 0.0117 e. The fourth-order valence-corrected chi connectivity index (χ4v) is 4.39. The summed E-state index contributed by atoms with van der Waals surface area (Å²) >= 11 is 0. The zero-order valence-electron chi connectivity index (χ0n) is 15.7. The molecule has 1 atom stereocenters. The number of unbranched alkanes of at least 4 members (excludes halogenated alkanes) is 5. The molecule has 0 heterocycles. The number of hydrogen-bond donors (Lipinski definition) is 0. The molecule has 130 valence electrons. The Morgan fingerprint density at radius 1 is 0.875 bits per heavy atom. The van der Waals surface area contributed by atoms with Crippen LogP contribution in [0.15, 0.2) is 30.3 Å². The van der Waals surface area contributed by atoms with Crippen LogP contribution in [0.25, 0.3) is 10.8 Å². The summed E-state index contributed by atoms with van der Waals surface area (Å²) in [5, 5.41) is 3.03. The lowest BCUT2D eigenvalue weighted by Crippen LogP contribution is -2.00. The highest BCUT2D eigenvalue weighted by molar-refractivity contribution is 5.91. The molecule has 1 aliphatic carbocycles. The van der Waals surface area contributed by atoms with Crippen LogP contribution in [-0.4, -0.2) is 0 Å². The van der Waals surface area contributed by atoms with E-state index in [1.165, 1.54) is 76.0 Å². The van der Waals surface area contributed by atoms with E-state index in [0.717, 1.165) is 5.92 Å². The molecule has 0 fully saturated rings. The van der Waals surface area contributed by atoms with E-state index in [9.17, 15) is 0 Å². The van der Waals surface area contributed by atoms with Gasteiger partial charge in [-0.2, -0.15) is 0 Å². The van der Waals surface area contributed by atoms with E-state index in [1.807, 2.05) is 0 Å². The van der Waals surface area contributed by atoms with Crippen LogP contribution < -0.4 is 0 Å². The molecule has 0 heteroatoms. The van der Waals surface area contributed by atoms with Crippen molar-refractivity contribution in [3.05, 3.63) is 47.0 Å². The zero-order chi connectivity index (χ0) is 16.8. The van der Waals surface area contributed by atoms with E-state index in [0.29, 0.717) is 0 Å². The molecule has 2 aromatic rings. The molecule has 0 amide bonds. The Morgan fingerprint density at radius 2 is 1.71 bits per heavy atom. The van der Waals surface area contributed by atoms with Gasteiger partial charge in [0.05, 0.1) is 0 Å². The van der Waals surface area contributed by atoms with Crippen molar-refractivity contribution >= 4 is 10.8 Å². The molecule has 1 unspecified atom stereocenters. The van der Waals surface area contributed by atoms with Crippen molar-refractivity contribution in [1.29, 1.82) is 0 Å². The first-order valence-electron chi connectivity index (χ1n) is 10.3. The van der Waals surface area contributed by atoms with Crippen molar-refractivity contribution < 1.29 is 0 Å². The molecule has 24 heavy (non-hydrogen) atoms. The van der Waals surface area contributed by atoms with Crippen molar-refractivity contribution in [1.82, 2.24) is 0 Å². The Kier molecular flexibility index (Phi) is 6.35. The van der Waals surface area contributed by atoms with Gasteiger partial charge in [-0.25, -0.2) is 0 Å². The van der Waals surface area contributed by atoms with Crippen molar-refractivity contribution in [2.24, 2.45) is 5.92 Å². The Morgan fingerprint density at radius 3 is 2.58 bits per heavy atom. The van der Waals surface area contributed by atoms with Crippen molar-refractivity contribution in [2.75, 3.05) is 0 Å². The lowest BCUT2D eigenvalue weighted by atomic mass is 9.92. The van der Waals surface area contributed by atoms with Gasteiger partial charge in [0.2, 0.25) is 0 Å². The van der Waals surface area contributed by atoms with Gasteiger partial charge in [0, 0.05) is 0 Å². The SMILES string of the molecule is CCCCCCCCC(C)CCc1ccc2cccc3c2c1CC3. The van der Waals surface area contributed by atoms with E-state index in [1.54, 1.807) is 22.1 Å². The third-order valence-electron chi connectivity index (χ3n) is 5.94. The quantitative estimate of drug-likeness (QED) is 0.404. The number of rotatable bonds is 10.